The van der Waals surface area contributed by atoms with Crippen LogP contribution >= 0.6 is 11.6 Å². The van der Waals surface area contributed by atoms with Gasteiger partial charge in [0.25, 0.3) is 0 Å². The molecule has 0 heterocycles. The summed E-state index contributed by atoms with van der Waals surface area (Å²) in [4.78, 5) is 11.8. The Morgan fingerprint density at radius 1 is 1.41 bits per heavy atom. The summed E-state index contributed by atoms with van der Waals surface area (Å²) in [5.74, 6) is 0.443. The van der Waals surface area contributed by atoms with Gasteiger partial charge >= 0.3 is 0 Å². The summed E-state index contributed by atoms with van der Waals surface area (Å²) in [5, 5.41) is 0.489. The molecule has 0 aliphatic heterocycles. The lowest BCUT2D eigenvalue weighted by Gasteiger charge is -2.10. The van der Waals surface area contributed by atoms with E-state index in [2.05, 4.69) is 13.8 Å². The van der Waals surface area contributed by atoms with Gasteiger partial charge in [0.15, 0.2) is 5.78 Å². The van der Waals surface area contributed by atoms with E-state index in [0.29, 0.717) is 23.1 Å². The highest BCUT2D eigenvalue weighted by molar-refractivity contribution is 6.34. The number of benzene rings is 1. The molecular weight excluding hydrogens is 236 g/mol. The Labute approximate surface area is 108 Å². The van der Waals surface area contributed by atoms with Crippen LogP contribution in [0.2, 0.25) is 5.02 Å². The average molecular weight is 255 g/mol. The maximum absolute atomic E-state index is 11.8. The van der Waals surface area contributed by atoms with Gasteiger partial charge in [-0.05, 0) is 24.5 Å². The van der Waals surface area contributed by atoms with Gasteiger partial charge in [0, 0.05) is 12.2 Å². The molecule has 0 saturated carbocycles. The van der Waals surface area contributed by atoms with Crippen LogP contribution in [0.25, 0.3) is 0 Å². The van der Waals surface area contributed by atoms with Crippen LogP contribution in [0, 0.1) is 5.92 Å². The second-order valence-electron chi connectivity index (χ2n) is 4.31. The zero-order chi connectivity index (χ0) is 12.7. The lowest BCUT2D eigenvalue weighted by atomic mass is 10.1. The van der Waals surface area contributed by atoms with Crippen LogP contribution in [-0.4, -0.2) is 19.0 Å². The number of Topliss-reactive ketones (excluding diaryl/α,β-unsaturated/α-hetero) is 1. The van der Waals surface area contributed by atoms with E-state index < -0.39 is 0 Å². The number of ether oxygens (including phenoxy) is 1. The molecule has 1 aromatic rings. The molecule has 0 bridgehead atoms. The van der Waals surface area contributed by atoms with Crippen LogP contribution in [0.4, 0.5) is 0 Å². The fraction of sp³-hybridized carbons (Fsp3) is 0.500. The monoisotopic (exact) mass is 254 g/mol. The number of carbonyl (C=O) groups excluding carboxylic acids is 1. The van der Waals surface area contributed by atoms with E-state index >= 15 is 0 Å². The number of hydrogen-bond donors (Lipinski definition) is 0. The third-order valence-corrected chi connectivity index (χ3v) is 2.92. The van der Waals surface area contributed by atoms with Crippen molar-refractivity contribution in [3.05, 3.63) is 34.9 Å². The van der Waals surface area contributed by atoms with Crippen molar-refractivity contribution in [1.82, 2.24) is 0 Å². The molecule has 0 aliphatic rings. The van der Waals surface area contributed by atoms with Gasteiger partial charge in [0.1, 0.15) is 6.61 Å². The first-order valence-electron chi connectivity index (χ1n) is 6.00. The summed E-state index contributed by atoms with van der Waals surface area (Å²) >= 11 is 5.93. The van der Waals surface area contributed by atoms with E-state index in [0.717, 1.165) is 12.8 Å². The summed E-state index contributed by atoms with van der Waals surface area (Å²) in [5.41, 5.74) is 0.539. The van der Waals surface area contributed by atoms with Crippen LogP contribution in [-0.2, 0) is 4.74 Å². The second-order valence-corrected chi connectivity index (χ2v) is 4.72. The maximum atomic E-state index is 11.8. The van der Waals surface area contributed by atoms with Crippen molar-refractivity contribution in [2.24, 2.45) is 5.92 Å². The van der Waals surface area contributed by atoms with Crippen LogP contribution < -0.4 is 0 Å². The van der Waals surface area contributed by atoms with Gasteiger partial charge < -0.3 is 4.74 Å². The van der Waals surface area contributed by atoms with Crippen LogP contribution in [0.5, 0.6) is 0 Å². The Bertz CT molecular complexity index is 363. The molecule has 0 fully saturated rings. The van der Waals surface area contributed by atoms with Gasteiger partial charge in [-0.3, -0.25) is 4.79 Å². The van der Waals surface area contributed by atoms with E-state index in [9.17, 15) is 4.79 Å². The average Bonchev–Trinajstić information content (AvgIpc) is 2.29. The van der Waals surface area contributed by atoms with Crippen molar-refractivity contribution in [3.8, 4) is 0 Å². The quantitative estimate of drug-likeness (QED) is 0.688. The molecular formula is C14H19ClO2. The molecule has 2 nitrogen and oxygen atoms in total. The highest BCUT2D eigenvalue weighted by Gasteiger charge is 2.10. The third kappa shape index (κ3) is 4.88. The minimum absolute atomic E-state index is 0.0562. The summed E-state index contributed by atoms with van der Waals surface area (Å²) in [6.45, 7) is 5.01. The zero-order valence-electron chi connectivity index (χ0n) is 10.4. The molecule has 1 atom stereocenters. The highest BCUT2D eigenvalue weighted by Crippen LogP contribution is 2.15. The summed E-state index contributed by atoms with van der Waals surface area (Å²) < 4.78 is 5.41. The smallest absolute Gasteiger partial charge is 0.189 e. The molecule has 0 spiro atoms. The highest BCUT2D eigenvalue weighted by atomic mass is 35.5. The van der Waals surface area contributed by atoms with Gasteiger partial charge in [-0.2, -0.15) is 0 Å². The molecule has 94 valence electrons. The largest absolute Gasteiger partial charge is 0.373 e. The number of ketones is 1. The third-order valence-electron chi connectivity index (χ3n) is 2.59. The molecule has 0 aliphatic carbocycles. The molecule has 3 heteroatoms. The fourth-order valence-electron chi connectivity index (χ4n) is 1.69. The summed E-state index contributed by atoms with van der Waals surface area (Å²) in [6.07, 6.45) is 2.27. The van der Waals surface area contributed by atoms with E-state index in [1.54, 1.807) is 18.2 Å². The molecule has 1 unspecified atom stereocenters. The van der Waals surface area contributed by atoms with E-state index in [4.69, 9.17) is 16.3 Å². The van der Waals surface area contributed by atoms with Crippen molar-refractivity contribution in [2.75, 3.05) is 13.2 Å². The zero-order valence-corrected chi connectivity index (χ0v) is 11.2. The Hall–Kier alpha value is -0.860. The van der Waals surface area contributed by atoms with Crippen molar-refractivity contribution in [1.29, 1.82) is 0 Å². The first kappa shape index (κ1) is 14.2. The summed E-state index contributed by atoms with van der Waals surface area (Å²) in [6, 6.07) is 7.06. The van der Waals surface area contributed by atoms with Crippen molar-refractivity contribution in [2.45, 2.75) is 26.7 Å². The molecule has 0 radical (unpaired) electrons. The van der Waals surface area contributed by atoms with Crippen LogP contribution in [0.1, 0.15) is 37.0 Å². The predicted octanol–water partition coefficient (Wildman–Crippen LogP) is 3.98. The van der Waals surface area contributed by atoms with E-state index in [-0.39, 0.29) is 12.4 Å². The molecule has 0 amide bonds. The Balaban J connectivity index is 2.38. The summed E-state index contributed by atoms with van der Waals surface area (Å²) in [7, 11) is 0. The first-order chi connectivity index (χ1) is 8.15. The Kier molecular flexibility index (Phi) is 6.23. The first-order valence-corrected chi connectivity index (χ1v) is 6.38. The van der Waals surface area contributed by atoms with Crippen LogP contribution in [0.3, 0.4) is 0 Å². The van der Waals surface area contributed by atoms with Gasteiger partial charge in [0.05, 0.1) is 5.02 Å². The second kappa shape index (κ2) is 7.46. The van der Waals surface area contributed by atoms with Gasteiger partial charge in [-0.25, -0.2) is 0 Å². The normalized spacial score (nSPS) is 12.4. The van der Waals surface area contributed by atoms with Crippen LogP contribution in [0.15, 0.2) is 24.3 Å². The number of rotatable bonds is 7. The SMILES string of the molecule is CCCC(C)COCC(=O)c1ccccc1Cl. The minimum atomic E-state index is -0.0562. The lowest BCUT2D eigenvalue weighted by molar-refractivity contribution is 0.0683. The van der Waals surface area contributed by atoms with Crippen molar-refractivity contribution < 1.29 is 9.53 Å². The number of halogens is 1. The van der Waals surface area contributed by atoms with Crippen molar-refractivity contribution >= 4 is 17.4 Å². The molecule has 1 aromatic carbocycles. The van der Waals surface area contributed by atoms with Gasteiger partial charge in [-0.15, -0.1) is 0 Å². The molecule has 0 aromatic heterocycles. The molecule has 17 heavy (non-hydrogen) atoms. The number of carbonyl (C=O) groups is 1. The fourth-order valence-corrected chi connectivity index (χ4v) is 1.94. The molecule has 1 rings (SSSR count). The Morgan fingerprint density at radius 3 is 2.76 bits per heavy atom. The molecule has 0 saturated heterocycles. The van der Waals surface area contributed by atoms with E-state index in [1.165, 1.54) is 0 Å². The maximum Gasteiger partial charge on any atom is 0.189 e. The standard InChI is InChI=1S/C14H19ClO2/c1-3-6-11(2)9-17-10-14(16)12-7-4-5-8-13(12)15/h4-5,7-8,11H,3,6,9-10H2,1-2H3. The lowest BCUT2D eigenvalue weighted by Crippen LogP contribution is -2.13. The van der Waals surface area contributed by atoms with Crippen molar-refractivity contribution in [3.63, 3.8) is 0 Å². The van der Waals surface area contributed by atoms with E-state index in [1.807, 2.05) is 6.07 Å². The molecule has 0 N–H and O–H groups in total. The topological polar surface area (TPSA) is 26.3 Å². The van der Waals surface area contributed by atoms with Gasteiger partial charge in [-0.1, -0.05) is 44.0 Å². The minimum Gasteiger partial charge on any atom is -0.373 e. The Morgan fingerprint density at radius 2 is 2.12 bits per heavy atom. The number of hydrogen-bond acceptors (Lipinski definition) is 2. The van der Waals surface area contributed by atoms with Gasteiger partial charge in [0.2, 0.25) is 0 Å². The predicted molar refractivity (Wildman–Crippen MR) is 70.7 cm³/mol.